The standard InChI is InChI=1S/C13H22N2O2/c1-3-4-7-15(8-9-16)11-5-6-12(14)13(10-11)17-2/h5-6,10,16H,3-4,7-9,14H2,1-2H3. The Labute approximate surface area is 103 Å². The Kier molecular flexibility index (Phi) is 5.63. The van der Waals surface area contributed by atoms with E-state index in [1.54, 1.807) is 7.11 Å². The first-order valence-corrected chi connectivity index (χ1v) is 6.02. The van der Waals surface area contributed by atoms with Crippen LogP contribution in [0.25, 0.3) is 0 Å². The molecular weight excluding hydrogens is 216 g/mol. The van der Waals surface area contributed by atoms with Gasteiger partial charge in [-0.1, -0.05) is 13.3 Å². The fourth-order valence-electron chi connectivity index (χ4n) is 1.74. The SMILES string of the molecule is CCCCN(CCO)c1ccc(N)c(OC)c1. The average molecular weight is 238 g/mol. The predicted molar refractivity (Wildman–Crippen MR) is 71.6 cm³/mol. The number of rotatable bonds is 7. The summed E-state index contributed by atoms with van der Waals surface area (Å²) in [4.78, 5) is 2.14. The fourth-order valence-corrected chi connectivity index (χ4v) is 1.74. The molecule has 0 aliphatic heterocycles. The van der Waals surface area contributed by atoms with Crippen molar-refractivity contribution in [3.8, 4) is 5.75 Å². The van der Waals surface area contributed by atoms with E-state index in [-0.39, 0.29) is 6.61 Å². The van der Waals surface area contributed by atoms with Crippen LogP contribution in [0.2, 0.25) is 0 Å². The van der Waals surface area contributed by atoms with Gasteiger partial charge in [0.2, 0.25) is 0 Å². The molecule has 17 heavy (non-hydrogen) atoms. The lowest BCUT2D eigenvalue weighted by Gasteiger charge is -2.24. The number of nitrogens with zero attached hydrogens (tertiary/aromatic N) is 1. The summed E-state index contributed by atoms with van der Waals surface area (Å²) in [6.45, 7) is 3.87. The minimum absolute atomic E-state index is 0.149. The third-order valence-electron chi connectivity index (χ3n) is 2.73. The fraction of sp³-hybridized carbons (Fsp3) is 0.538. The molecule has 0 saturated heterocycles. The van der Waals surface area contributed by atoms with Crippen molar-refractivity contribution in [3.05, 3.63) is 18.2 Å². The lowest BCUT2D eigenvalue weighted by molar-refractivity contribution is 0.301. The number of methoxy groups -OCH3 is 1. The summed E-state index contributed by atoms with van der Waals surface area (Å²) in [5, 5.41) is 9.08. The first-order valence-electron chi connectivity index (χ1n) is 6.02. The zero-order valence-electron chi connectivity index (χ0n) is 10.6. The van der Waals surface area contributed by atoms with E-state index in [9.17, 15) is 0 Å². The number of nitrogens with two attached hydrogens (primary N) is 1. The number of hydrogen-bond acceptors (Lipinski definition) is 4. The van der Waals surface area contributed by atoms with Gasteiger partial charge in [0.25, 0.3) is 0 Å². The molecule has 0 radical (unpaired) electrons. The van der Waals surface area contributed by atoms with Gasteiger partial charge >= 0.3 is 0 Å². The third-order valence-corrected chi connectivity index (χ3v) is 2.73. The molecule has 4 nitrogen and oxygen atoms in total. The molecule has 1 aromatic carbocycles. The number of unbranched alkanes of at least 4 members (excludes halogenated alkanes) is 1. The number of ether oxygens (including phenoxy) is 1. The number of aliphatic hydroxyl groups is 1. The van der Waals surface area contributed by atoms with Crippen LogP contribution in [0.5, 0.6) is 5.75 Å². The number of benzene rings is 1. The van der Waals surface area contributed by atoms with E-state index in [2.05, 4.69) is 11.8 Å². The van der Waals surface area contributed by atoms with Gasteiger partial charge in [-0.2, -0.15) is 0 Å². The third kappa shape index (κ3) is 3.82. The molecule has 0 spiro atoms. The minimum atomic E-state index is 0.149. The van der Waals surface area contributed by atoms with Gasteiger partial charge in [0.15, 0.2) is 0 Å². The quantitative estimate of drug-likeness (QED) is 0.712. The first kappa shape index (κ1) is 13.6. The molecule has 0 heterocycles. The Hall–Kier alpha value is -1.42. The van der Waals surface area contributed by atoms with Crippen LogP contribution in [0.3, 0.4) is 0 Å². The number of aliphatic hydroxyl groups excluding tert-OH is 1. The highest BCUT2D eigenvalue weighted by molar-refractivity contribution is 5.62. The summed E-state index contributed by atoms with van der Waals surface area (Å²) in [7, 11) is 1.61. The van der Waals surface area contributed by atoms with E-state index in [1.165, 1.54) is 0 Å². The second kappa shape index (κ2) is 7.01. The van der Waals surface area contributed by atoms with Crippen molar-refractivity contribution in [2.24, 2.45) is 0 Å². The van der Waals surface area contributed by atoms with Gasteiger partial charge < -0.3 is 20.5 Å². The van der Waals surface area contributed by atoms with Gasteiger partial charge in [0.1, 0.15) is 5.75 Å². The molecule has 0 unspecified atom stereocenters. The van der Waals surface area contributed by atoms with Crippen LogP contribution in [-0.2, 0) is 0 Å². The predicted octanol–water partition coefficient (Wildman–Crippen LogP) is 1.88. The topological polar surface area (TPSA) is 58.7 Å². The largest absolute Gasteiger partial charge is 0.495 e. The first-order chi connectivity index (χ1) is 8.22. The summed E-state index contributed by atoms with van der Waals surface area (Å²) in [6, 6.07) is 5.72. The Morgan fingerprint density at radius 2 is 2.12 bits per heavy atom. The highest BCUT2D eigenvalue weighted by Crippen LogP contribution is 2.27. The van der Waals surface area contributed by atoms with Gasteiger partial charge in [0, 0.05) is 24.8 Å². The van der Waals surface area contributed by atoms with Gasteiger partial charge in [0.05, 0.1) is 19.4 Å². The molecule has 0 amide bonds. The van der Waals surface area contributed by atoms with E-state index in [1.807, 2.05) is 18.2 Å². The van der Waals surface area contributed by atoms with Gasteiger partial charge in [-0.25, -0.2) is 0 Å². The molecule has 3 N–H and O–H groups in total. The van der Waals surface area contributed by atoms with Crippen molar-refractivity contribution in [1.29, 1.82) is 0 Å². The zero-order chi connectivity index (χ0) is 12.7. The van der Waals surface area contributed by atoms with Crippen molar-refractivity contribution < 1.29 is 9.84 Å². The summed E-state index contributed by atoms with van der Waals surface area (Å²) in [5.74, 6) is 0.682. The summed E-state index contributed by atoms with van der Waals surface area (Å²) in [6.07, 6.45) is 2.24. The van der Waals surface area contributed by atoms with Crippen LogP contribution in [0, 0.1) is 0 Å². The Morgan fingerprint density at radius 3 is 2.71 bits per heavy atom. The van der Waals surface area contributed by atoms with E-state index in [4.69, 9.17) is 15.6 Å². The second-order valence-corrected chi connectivity index (χ2v) is 3.99. The monoisotopic (exact) mass is 238 g/mol. The van der Waals surface area contributed by atoms with E-state index < -0.39 is 0 Å². The molecule has 4 heteroatoms. The van der Waals surface area contributed by atoms with Crippen LogP contribution in [0.4, 0.5) is 11.4 Å². The lowest BCUT2D eigenvalue weighted by Crippen LogP contribution is -2.27. The molecule has 0 atom stereocenters. The van der Waals surface area contributed by atoms with Crippen LogP contribution in [-0.4, -0.2) is 31.9 Å². The summed E-state index contributed by atoms with van der Waals surface area (Å²) in [5.41, 5.74) is 7.46. The number of anilines is 2. The number of hydrogen-bond donors (Lipinski definition) is 2. The Morgan fingerprint density at radius 1 is 1.35 bits per heavy atom. The molecule has 0 aliphatic carbocycles. The zero-order valence-corrected chi connectivity index (χ0v) is 10.6. The molecule has 1 rings (SSSR count). The highest BCUT2D eigenvalue weighted by atomic mass is 16.5. The molecule has 96 valence electrons. The maximum Gasteiger partial charge on any atom is 0.143 e. The maximum absolute atomic E-state index is 9.08. The second-order valence-electron chi connectivity index (χ2n) is 3.99. The molecule has 0 aliphatic rings. The van der Waals surface area contributed by atoms with Gasteiger partial charge in [-0.05, 0) is 18.6 Å². The summed E-state index contributed by atoms with van der Waals surface area (Å²) >= 11 is 0. The van der Waals surface area contributed by atoms with E-state index >= 15 is 0 Å². The van der Waals surface area contributed by atoms with Crippen LogP contribution in [0.1, 0.15) is 19.8 Å². The van der Waals surface area contributed by atoms with Crippen molar-refractivity contribution in [3.63, 3.8) is 0 Å². The van der Waals surface area contributed by atoms with Crippen molar-refractivity contribution in [2.45, 2.75) is 19.8 Å². The highest BCUT2D eigenvalue weighted by Gasteiger charge is 2.08. The average Bonchev–Trinajstić information content (AvgIpc) is 2.35. The molecule has 1 aromatic rings. The van der Waals surface area contributed by atoms with Crippen LogP contribution >= 0.6 is 0 Å². The van der Waals surface area contributed by atoms with Crippen molar-refractivity contribution in [2.75, 3.05) is 37.4 Å². The summed E-state index contributed by atoms with van der Waals surface area (Å²) < 4.78 is 5.20. The molecule has 0 saturated carbocycles. The Bertz CT molecular complexity index is 342. The van der Waals surface area contributed by atoms with Gasteiger partial charge in [-0.3, -0.25) is 0 Å². The number of nitrogen functional groups attached to an aromatic ring is 1. The van der Waals surface area contributed by atoms with Crippen LogP contribution in [0.15, 0.2) is 18.2 Å². The van der Waals surface area contributed by atoms with E-state index in [0.717, 1.165) is 25.1 Å². The normalized spacial score (nSPS) is 10.3. The maximum atomic E-state index is 9.08. The van der Waals surface area contributed by atoms with Crippen LogP contribution < -0.4 is 15.4 Å². The molecule has 0 fully saturated rings. The Balaban J connectivity index is 2.85. The van der Waals surface area contributed by atoms with Gasteiger partial charge in [-0.15, -0.1) is 0 Å². The smallest absolute Gasteiger partial charge is 0.143 e. The molecule has 0 aromatic heterocycles. The molecule has 0 bridgehead atoms. The van der Waals surface area contributed by atoms with E-state index in [0.29, 0.717) is 18.0 Å². The minimum Gasteiger partial charge on any atom is -0.495 e. The lowest BCUT2D eigenvalue weighted by atomic mass is 10.2. The van der Waals surface area contributed by atoms with Crippen molar-refractivity contribution >= 4 is 11.4 Å². The molecular formula is C13H22N2O2. The van der Waals surface area contributed by atoms with Crippen molar-refractivity contribution in [1.82, 2.24) is 0 Å².